The summed E-state index contributed by atoms with van der Waals surface area (Å²) in [5, 5.41) is 1.75. The van der Waals surface area contributed by atoms with Gasteiger partial charge in [-0.2, -0.15) is 0 Å². The van der Waals surface area contributed by atoms with Crippen molar-refractivity contribution >= 4 is 18.2 Å². The summed E-state index contributed by atoms with van der Waals surface area (Å²) in [6, 6.07) is 17.2. The Labute approximate surface area is 110 Å². The average Bonchev–Trinajstić information content (AvgIpc) is 2.67. The normalized spacial score (nSPS) is 17.3. The zero-order valence-corrected chi connectivity index (χ0v) is 10.2. The fraction of sp³-hybridized carbons (Fsp3) is 0.0625. The zero-order chi connectivity index (χ0) is 13.1. The molecule has 1 atom stereocenters. The van der Waals surface area contributed by atoms with Crippen molar-refractivity contribution in [3.05, 3.63) is 70.7 Å². The lowest BCUT2D eigenvalue weighted by molar-refractivity contribution is -0.107. The molecule has 0 saturated heterocycles. The number of hydrogen-bond acceptors (Lipinski definition) is 3. The SMILES string of the molecule is O=CC1C=NC(c2ccccc2)=c2ccccc2=N1. The first-order valence-corrected chi connectivity index (χ1v) is 6.10. The van der Waals surface area contributed by atoms with Gasteiger partial charge in [-0.05, 0) is 6.07 Å². The number of rotatable bonds is 2. The molecular weight excluding hydrogens is 236 g/mol. The van der Waals surface area contributed by atoms with Crippen molar-refractivity contribution in [2.24, 2.45) is 9.98 Å². The predicted molar refractivity (Wildman–Crippen MR) is 74.5 cm³/mol. The highest BCUT2D eigenvalue weighted by molar-refractivity contribution is 5.89. The first-order valence-electron chi connectivity index (χ1n) is 6.10. The number of fused-ring (bicyclic) bond motifs is 1. The van der Waals surface area contributed by atoms with Crippen molar-refractivity contribution in [2.75, 3.05) is 0 Å². The number of nitrogens with zero attached hydrogens (tertiary/aromatic N) is 2. The summed E-state index contributed by atoms with van der Waals surface area (Å²) in [6.07, 6.45) is 2.39. The molecule has 92 valence electrons. The van der Waals surface area contributed by atoms with Gasteiger partial charge in [0.05, 0.1) is 11.1 Å². The number of aldehydes is 1. The molecule has 3 heteroatoms. The molecular formula is C16H12N2O. The Hall–Kier alpha value is -2.55. The lowest BCUT2D eigenvalue weighted by Crippen LogP contribution is -2.27. The van der Waals surface area contributed by atoms with Crippen LogP contribution in [0.2, 0.25) is 0 Å². The zero-order valence-electron chi connectivity index (χ0n) is 10.2. The van der Waals surface area contributed by atoms with Crippen LogP contribution < -0.4 is 10.6 Å². The highest BCUT2D eigenvalue weighted by atomic mass is 16.1. The molecule has 0 bridgehead atoms. The Balaban J connectivity index is 2.34. The van der Waals surface area contributed by atoms with Gasteiger partial charge in [0.25, 0.3) is 0 Å². The molecule has 0 aromatic heterocycles. The second kappa shape index (κ2) is 4.98. The fourth-order valence-electron chi connectivity index (χ4n) is 2.09. The third-order valence-corrected chi connectivity index (χ3v) is 2.99. The minimum atomic E-state index is -0.512. The van der Waals surface area contributed by atoms with Crippen molar-refractivity contribution in [2.45, 2.75) is 6.04 Å². The van der Waals surface area contributed by atoms with E-state index >= 15 is 0 Å². The third kappa shape index (κ3) is 2.22. The molecule has 0 fully saturated rings. The van der Waals surface area contributed by atoms with Crippen LogP contribution in [0.4, 0.5) is 0 Å². The molecule has 3 rings (SSSR count). The summed E-state index contributed by atoms with van der Waals surface area (Å²) in [7, 11) is 0. The van der Waals surface area contributed by atoms with E-state index in [9.17, 15) is 4.79 Å². The van der Waals surface area contributed by atoms with Crippen molar-refractivity contribution in [1.29, 1.82) is 0 Å². The van der Waals surface area contributed by atoms with Gasteiger partial charge in [0.15, 0.2) is 0 Å². The van der Waals surface area contributed by atoms with Gasteiger partial charge in [0.2, 0.25) is 0 Å². The molecule has 19 heavy (non-hydrogen) atoms. The maximum atomic E-state index is 11.0. The summed E-state index contributed by atoms with van der Waals surface area (Å²) >= 11 is 0. The lowest BCUT2D eigenvalue weighted by atomic mass is 10.1. The molecule has 0 aliphatic carbocycles. The molecule has 1 unspecified atom stereocenters. The van der Waals surface area contributed by atoms with Crippen molar-refractivity contribution in [1.82, 2.24) is 0 Å². The molecule has 2 aromatic rings. The second-order valence-corrected chi connectivity index (χ2v) is 4.27. The first-order chi connectivity index (χ1) is 9.38. The van der Waals surface area contributed by atoms with Gasteiger partial charge in [-0.3, -0.25) is 9.98 Å². The highest BCUT2D eigenvalue weighted by Gasteiger charge is 2.08. The van der Waals surface area contributed by atoms with Crippen LogP contribution in [0, 0.1) is 0 Å². The summed E-state index contributed by atoms with van der Waals surface area (Å²) < 4.78 is 0. The quantitative estimate of drug-likeness (QED) is 0.734. The van der Waals surface area contributed by atoms with Gasteiger partial charge >= 0.3 is 0 Å². The maximum absolute atomic E-state index is 11.0. The maximum Gasteiger partial charge on any atom is 0.149 e. The Bertz CT molecular complexity index is 748. The number of carbonyl (C=O) groups excluding carboxylic acids is 1. The Morgan fingerprint density at radius 2 is 1.68 bits per heavy atom. The minimum Gasteiger partial charge on any atom is -0.301 e. The predicted octanol–water partition coefficient (Wildman–Crippen LogP) is 1.11. The van der Waals surface area contributed by atoms with Gasteiger partial charge < -0.3 is 4.79 Å². The van der Waals surface area contributed by atoms with E-state index in [-0.39, 0.29) is 0 Å². The fourth-order valence-corrected chi connectivity index (χ4v) is 2.09. The van der Waals surface area contributed by atoms with Crippen LogP contribution >= 0.6 is 0 Å². The third-order valence-electron chi connectivity index (χ3n) is 2.99. The van der Waals surface area contributed by atoms with Crippen molar-refractivity contribution < 1.29 is 4.79 Å². The minimum absolute atomic E-state index is 0.512. The summed E-state index contributed by atoms with van der Waals surface area (Å²) in [5.41, 5.74) is 1.87. The summed E-state index contributed by atoms with van der Waals surface area (Å²) in [5.74, 6) is 0. The van der Waals surface area contributed by atoms with E-state index < -0.39 is 6.04 Å². The van der Waals surface area contributed by atoms with Gasteiger partial charge in [0, 0.05) is 17.0 Å². The van der Waals surface area contributed by atoms with Gasteiger partial charge in [-0.25, -0.2) is 0 Å². The van der Waals surface area contributed by atoms with Crippen LogP contribution in [-0.2, 0) is 4.79 Å². The molecule has 1 heterocycles. The summed E-state index contributed by atoms with van der Waals surface area (Å²) in [4.78, 5) is 19.8. The van der Waals surface area contributed by atoms with E-state index in [4.69, 9.17) is 0 Å². The molecule has 0 spiro atoms. The van der Waals surface area contributed by atoms with Crippen LogP contribution in [0.1, 0.15) is 5.56 Å². The molecule has 3 nitrogen and oxygen atoms in total. The van der Waals surface area contributed by atoms with Crippen LogP contribution in [0.25, 0.3) is 5.70 Å². The molecule has 0 radical (unpaired) electrons. The van der Waals surface area contributed by atoms with Gasteiger partial charge in [-0.1, -0.05) is 48.5 Å². The number of hydrogen-bond donors (Lipinski definition) is 0. The smallest absolute Gasteiger partial charge is 0.149 e. The van der Waals surface area contributed by atoms with E-state index in [0.29, 0.717) is 0 Å². The number of aliphatic imine (C=N–C) groups is 1. The van der Waals surface area contributed by atoms with E-state index in [2.05, 4.69) is 9.98 Å². The van der Waals surface area contributed by atoms with Gasteiger partial charge in [-0.15, -0.1) is 0 Å². The topological polar surface area (TPSA) is 41.8 Å². The molecule has 1 aliphatic rings. The molecule has 0 saturated carbocycles. The monoisotopic (exact) mass is 248 g/mol. The van der Waals surface area contributed by atoms with Gasteiger partial charge in [0.1, 0.15) is 12.3 Å². The Morgan fingerprint density at radius 3 is 2.47 bits per heavy atom. The number of para-hydroxylation sites is 1. The molecule has 1 aliphatic heterocycles. The van der Waals surface area contributed by atoms with Crippen LogP contribution in [-0.4, -0.2) is 18.5 Å². The van der Waals surface area contributed by atoms with Crippen LogP contribution in [0.5, 0.6) is 0 Å². The Morgan fingerprint density at radius 1 is 0.947 bits per heavy atom. The van der Waals surface area contributed by atoms with E-state index in [1.165, 1.54) is 0 Å². The highest BCUT2D eigenvalue weighted by Crippen LogP contribution is 2.12. The molecule has 2 aromatic carbocycles. The van der Waals surface area contributed by atoms with E-state index in [0.717, 1.165) is 28.1 Å². The van der Waals surface area contributed by atoms with Crippen LogP contribution in [0.3, 0.4) is 0 Å². The largest absolute Gasteiger partial charge is 0.301 e. The molecule has 0 N–H and O–H groups in total. The van der Waals surface area contributed by atoms with Crippen molar-refractivity contribution in [3.63, 3.8) is 0 Å². The van der Waals surface area contributed by atoms with Crippen molar-refractivity contribution in [3.8, 4) is 0 Å². The lowest BCUT2D eigenvalue weighted by Gasteiger charge is -2.01. The van der Waals surface area contributed by atoms with E-state index in [1.807, 2.05) is 54.6 Å². The van der Waals surface area contributed by atoms with E-state index in [1.54, 1.807) is 6.21 Å². The Kier molecular flexibility index (Phi) is 3.02. The summed E-state index contributed by atoms with van der Waals surface area (Å²) in [6.45, 7) is 0. The molecule has 0 amide bonds. The number of benzene rings is 2. The second-order valence-electron chi connectivity index (χ2n) is 4.27. The standard InChI is InChI=1S/C16H12N2O/c19-11-13-10-17-16(12-6-2-1-3-7-12)14-8-4-5-9-15(14)18-13/h1-11,13H. The first kappa shape index (κ1) is 11.5. The number of carbonyl (C=O) groups is 1. The average molecular weight is 248 g/mol. The van der Waals surface area contributed by atoms with Crippen LogP contribution in [0.15, 0.2) is 64.6 Å².